The summed E-state index contributed by atoms with van der Waals surface area (Å²) >= 11 is 0. The standard InChI is InChI=1S/C20H22O6S/c1-11-12(18(22)17-13(21)6-5-7-14(17)26-4)8-9-15-16(11)19(23)20(2,3)10-27(15,24)25/h8-9H,5-7,10H2,1-4H3. The smallest absolute Gasteiger partial charge is 0.200 e. The number of sulfone groups is 1. The third-order valence-electron chi connectivity index (χ3n) is 5.24. The Balaban J connectivity index is 2.23. The predicted octanol–water partition coefficient (Wildman–Crippen LogP) is 2.83. The van der Waals surface area contributed by atoms with Crippen molar-refractivity contribution in [3.05, 3.63) is 40.2 Å². The van der Waals surface area contributed by atoms with Crippen LogP contribution in [-0.4, -0.2) is 38.6 Å². The van der Waals surface area contributed by atoms with Crippen LogP contribution in [0.3, 0.4) is 0 Å². The maximum Gasteiger partial charge on any atom is 0.200 e. The lowest BCUT2D eigenvalue weighted by atomic mass is 9.81. The summed E-state index contributed by atoms with van der Waals surface area (Å²) in [4.78, 5) is 38.3. The number of methoxy groups -OCH3 is 1. The first-order valence-corrected chi connectivity index (χ1v) is 10.4. The minimum absolute atomic E-state index is 0.00262. The van der Waals surface area contributed by atoms with Crippen LogP contribution in [0.4, 0.5) is 0 Å². The van der Waals surface area contributed by atoms with Gasteiger partial charge in [0, 0.05) is 29.4 Å². The normalized spacial score (nSPS) is 21.0. The van der Waals surface area contributed by atoms with Gasteiger partial charge in [-0.05, 0) is 31.0 Å². The van der Waals surface area contributed by atoms with Crippen LogP contribution in [0.5, 0.6) is 0 Å². The number of ether oxygens (including phenoxy) is 1. The summed E-state index contributed by atoms with van der Waals surface area (Å²) in [7, 11) is -2.22. The van der Waals surface area contributed by atoms with Gasteiger partial charge in [-0.3, -0.25) is 14.4 Å². The molecular weight excluding hydrogens is 368 g/mol. The predicted molar refractivity (Wildman–Crippen MR) is 98.6 cm³/mol. The number of hydrogen-bond donors (Lipinski definition) is 0. The Bertz CT molecular complexity index is 1010. The molecule has 0 amide bonds. The molecule has 0 atom stereocenters. The number of rotatable bonds is 3. The van der Waals surface area contributed by atoms with Crippen molar-refractivity contribution in [3.63, 3.8) is 0 Å². The van der Waals surface area contributed by atoms with E-state index in [4.69, 9.17) is 4.74 Å². The van der Waals surface area contributed by atoms with Crippen molar-refractivity contribution in [1.29, 1.82) is 0 Å². The highest BCUT2D eigenvalue weighted by molar-refractivity contribution is 7.91. The molecule has 2 aliphatic rings. The van der Waals surface area contributed by atoms with Crippen molar-refractivity contribution < 1.29 is 27.5 Å². The van der Waals surface area contributed by atoms with Crippen molar-refractivity contribution in [2.75, 3.05) is 12.9 Å². The van der Waals surface area contributed by atoms with Crippen molar-refractivity contribution in [1.82, 2.24) is 0 Å². The zero-order valence-corrected chi connectivity index (χ0v) is 16.7. The van der Waals surface area contributed by atoms with Crippen LogP contribution >= 0.6 is 0 Å². The highest BCUT2D eigenvalue weighted by Gasteiger charge is 2.44. The zero-order chi connectivity index (χ0) is 20.1. The molecule has 0 bridgehead atoms. The first-order chi connectivity index (χ1) is 12.5. The van der Waals surface area contributed by atoms with E-state index in [0.717, 1.165) is 0 Å². The fourth-order valence-electron chi connectivity index (χ4n) is 3.84. The molecule has 6 nitrogen and oxygen atoms in total. The van der Waals surface area contributed by atoms with Gasteiger partial charge >= 0.3 is 0 Å². The Morgan fingerprint density at radius 2 is 1.81 bits per heavy atom. The molecule has 1 aromatic rings. The molecule has 0 spiro atoms. The average molecular weight is 390 g/mol. The molecule has 1 aliphatic heterocycles. The quantitative estimate of drug-likeness (QED) is 0.582. The topological polar surface area (TPSA) is 94.6 Å². The largest absolute Gasteiger partial charge is 0.500 e. The molecule has 0 saturated carbocycles. The van der Waals surface area contributed by atoms with E-state index in [-0.39, 0.29) is 45.3 Å². The average Bonchev–Trinajstić information content (AvgIpc) is 2.58. The van der Waals surface area contributed by atoms with Crippen LogP contribution < -0.4 is 0 Å². The molecule has 0 radical (unpaired) electrons. The molecule has 1 heterocycles. The van der Waals surface area contributed by atoms with Crippen LogP contribution in [0.1, 0.15) is 59.4 Å². The minimum atomic E-state index is -3.63. The van der Waals surface area contributed by atoms with Gasteiger partial charge in [0.25, 0.3) is 0 Å². The summed E-state index contributed by atoms with van der Waals surface area (Å²) < 4.78 is 30.4. The molecule has 7 heteroatoms. The van der Waals surface area contributed by atoms with E-state index in [1.807, 2.05) is 0 Å². The minimum Gasteiger partial charge on any atom is -0.500 e. The van der Waals surface area contributed by atoms with Crippen LogP contribution in [0.25, 0.3) is 0 Å². The number of hydrogen-bond acceptors (Lipinski definition) is 6. The number of carbonyl (C=O) groups is 3. The monoisotopic (exact) mass is 390 g/mol. The lowest BCUT2D eigenvalue weighted by molar-refractivity contribution is -0.116. The molecule has 27 heavy (non-hydrogen) atoms. The number of carbonyl (C=O) groups excluding carboxylic acids is 3. The van der Waals surface area contributed by atoms with E-state index in [1.165, 1.54) is 19.2 Å². The second-order valence-corrected chi connectivity index (χ2v) is 9.65. The first-order valence-electron chi connectivity index (χ1n) is 8.77. The molecule has 0 aromatic heterocycles. The number of benzene rings is 1. The highest BCUT2D eigenvalue weighted by Crippen LogP contribution is 2.39. The van der Waals surface area contributed by atoms with Gasteiger partial charge in [0.1, 0.15) is 11.3 Å². The summed E-state index contributed by atoms with van der Waals surface area (Å²) in [6.07, 6.45) is 1.37. The van der Waals surface area contributed by atoms with Gasteiger partial charge in [-0.1, -0.05) is 13.8 Å². The van der Waals surface area contributed by atoms with E-state index in [9.17, 15) is 22.8 Å². The number of allylic oxidation sites excluding steroid dienone is 2. The van der Waals surface area contributed by atoms with Crippen molar-refractivity contribution in [2.24, 2.45) is 5.41 Å². The van der Waals surface area contributed by atoms with Crippen LogP contribution in [0.15, 0.2) is 28.4 Å². The molecule has 0 N–H and O–H groups in total. The Labute approximate surface area is 158 Å². The molecule has 0 unspecified atom stereocenters. The highest BCUT2D eigenvalue weighted by atomic mass is 32.2. The third-order valence-corrected chi connectivity index (χ3v) is 7.35. The summed E-state index contributed by atoms with van der Waals surface area (Å²) in [5.41, 5.74) is -0.567. The maximum absolute atomic E-state index is 13.1. The Morgan fingerprint density at radius 1 is 1.15 bits per heavy atom. The maximum atomic E-state index is 13.1. The van der Waals surface area contributed by atoms with Gasteiger partial charge in [-0.25, -0.2) is 8.42 Å². The van der Waals surface area contributed by atoms with Gasteiger partial charge in [-0.2, -0.15) is 0 Å². The molecule has 3 rings (SSSR count). The van der Waals surface area contributed by atoms with Crippen LogP contribution in [-0.2, 0) is 19.4 Å². The lowest BCUT2D eigenvalue weighted by Crippen LogP contribution is -2.39. The molecule has 0 fully saturated rings. The molecule has 0 saturated heterocycles. The van der Waals surface area contributed by atoms with E-state index in [1.54, 1.807) is 20.8 Å². The van der Waals surface area contributed by atoms with Crippen molar-refractivity contribution in [3.8, 4) is 0 Å². The van der Waals surface area contributed by atoms with Gasteiger partial charge in [-0.15, -0.1) is 0 Å². The second kappa shape index (κ2) is 6.41. The molecule has 1 aliphatic carbocycles. The summed E-state index contributed by atoms with van der Waals surface area (Å²) in [6.45, 7) is 4.72. The SMILES string of the molecule is COC1=C(C(=O)c2ccc3c(c2C)C(=O)C(C)(C)CS3(=O)=O)C(=O)CCC1. The number of ketones is 3. The fourth-order valence-corrected chi connectivity index (χ4v) is 5.91. The summed E-state index contributed by atoms with van der Waals surface area (Å²) in [6, 6.07) is 2.69. The Kier molecular flexibility index (Phi) is 4.62. The first kappa shape index (κ1) is 19.5. The van der Waals surface area contributed by atoms with E-state index in [0.29, 0.717) is 24.2 Å². The molecule has 144 valence electrons. The van der Waals surface area contributed by atoms with E-state index < -0.39 is 21.0 Å². The van der Waals surface area contributed by atoms with Crippen LogP contribution in [0.2, 0.25) is 0 Å². The van der Waals surface area contributed by atoms with Crippen LogP contribution in [0, 0.1) is 12.3 Å². The van der Waals surface area contributed by atoms with Gasteiger partial charge < -0.3 is 4.74 Å². The van der Waals surface area contributed by atoms with Gasteiger partial charge in [0.15, 0.2) is 27.2 Å². The third kappa shape index (κ3) is 3.04. The Morgan fingerprint density at radius 3 is 2.44 bits per heavy atom. The second-order valence-electron chi connectivity index (χ2n) is 7.69. The summed E-state index contributed by atoms with van der Waals surface area (Å²) in [5, 5.41) is 0. The lowest BCUT2D eigenvalue weighted by Gasteiger charge is -2.31. The molecule has 1 aromatic carbocycles. The zero-order valence-electron chi connectivity index (χ0n) is 15.8. The summed E-state index contributed by atoms with van der Waals surface area (Å²) in [5.74, 6) is -1.05. The molecular formula is C20H22O6S. The van der Waals surface area contributed by atoms with Gasteiger partial charge in [0.2, 0.25) is 0 Å². The number of fused-ring (bicyclic) bond motifs is 1. The van der Waals surface area contributed by atoms with E-state index >= 15 is 0 Å². The number of Topliss-reactive ketones (excluding diaryl/α,β-unsaturated/α-hetero) is 3. The van der Waals surface area contributed by atoms with Crippen molar-refractivity contribution in [2.45, 2.75) is 44.9 Å². The fraction of sp³-hybridized carbons (Fsp3) is 0.450. The van der Waals surface area contributed by atoms with Gasteiger partial charge in [0.05, 0.1) is 17.8 Å². The van der Waals surface area contributed by atoms with E-state index in [2.05, 4.69) is 0 Å². The van der Waals surface area contributed by atoms with Crippen molar-refractivity contribution >= 4 is 27.2 Å². The Hall–Kier alpha value is -2.28.